The first-order valence-electron chi connectivity index (χ1n) is 10.3. The monoisotopic (exact) mass is 405 g/mol. The van der Waals surface area contributed by atoms with E-state index < -0.39 is 0 Å². The Labute approximate surface area is 176 Å². The van der Waals surface area contributed by atoms with Gasteiger partial charge >= 0.3 is 0 Å². The van der Waals surface area contributed by atoms with Gasteiger partial charge in [-0.3, -0.25) is 9.69 Å². The SMILES string of the molecule is Cc1noc(-c2ccc(C(=O)NC(CN3CCN(C)CC3)c3ccccc3)cc2)n1. The fraction of sp³-hybridized carbons (Fsp3) is 0.348. The molecule has 0 bridgehead atoms. The van der Waals surface area contributed by atoms with Gasteiger partial charge in [0, 0.05) is 43.9 Å². The number of nitrogens with one attached hydrogen (secondary N) is 1. The van der Waals surface area contributed by atoms with Crippen LogP contribution in [0.2, 0.25) is 0 Å². The third kappa shape index (κ3) is 4.93. The van der Waals surface area contributed by atoms with E-state index in [4.69, 9.17) is 4.52 Å². The lowest BCUT2D eigenvalue weighted by Gasteiger charge is -2.35. The molecule has 1 N–H and O–H groups in total. The molecule has 1 aromatic heterocycles. The Hall–Kier alpha value is -3.03. The lowest BCUT2D eigenvalue weighted by atomic mass is 10.0. The van der Waals surface area contributed by atoms with Crippen molar-refractivity contribution in [1.29, 1.82) is 0 Å². The van der Waals surface area contributed by atoms with Gasteiger partial charge in [-0.15, -0.1) is 0 Å². The van der Waals surface area contributed by atoms with Crippen LogP contribution in [0.15, 0.2) is 59.1 Å². The molecule has 0 radical (unpaired) electrons. The molecule has 2 heterocycles. The summed E-state index contributed by atoms with van der Waals surface area (Å²) in [6.45, 7) is 6.68. The van der Waals surface area contributed by atoms with Gasteiger partial charge in [0.1, 0.15) is 0 Å². The average Bonchev–Trinajstić information content (AvgIpc) is 3.22. The zero-order chi connectivity index (χ0) is 20.9. The zero-order valence-electron chi connectivity index (χ0n) is 17.4. The molecular formula is C23H27N5O2. The van der Waals surface area contributed by atoms with Crippen molar-refractivity contribution in [3.8, 4) is 11.5 Å². The van der Waals surface area contributed by atoms with Crippen LogP contribution in [-0.2, 0) is 0 Å². The largest absolute Gasteiger partial charge is 0.344 e. The molecule has 1 unspecified atom stereocenters. The van der Waals surface area contributed by atoms with Gasteiger partial charge in [-0.1, -0.05) is 35.5 Å². The van der Waals surface area contributed by atoms with Crippen molar-refractivity contribution in [2.24, 2.45) is 0 Å². The highest BCUT2D eigenvalue weighted by molar-refractivity contribution is 5.94. The molecule has 7 nitrogen and oxygen atoms in total. The highest BCUT2D eigenvalue weighted by atomic mass is 16.5. The van der Waals surface area contributed by atoms with Crippen molar-refractivity contribution in [1.82, 2.24) is 25.3 Å². The van der Waals surface area contributed by atoms with E-state index in [1.807, 2.05) is 30.3 Å². The molecule has 0 spiro atoms. The first-order valence-corrected chi connectivity index (χ1v) is 10.3. The lowest BCUT2D eigenvalue weighted by Crippen LogP contribution is -2.47. The molecule has 2 aromatic carbocycles. The van der Waals surface area contributed by atoms with Crippen molar-refractivity contribution in [2.75, 3.05) is 39.8 Å². The fourth-order valence-corrected chi connectivity index (χ4v) is 3.63. The fourth-order valence-electron chi connectivity index (χ4n) is 3.63. The Balaban J connectivity index is 1.47. The normalized spacial score (nSPS) is 16.3. The number of amides is 1. The highest BCUT2D eigenvalue weighted by Gasteiger charge is 2.22. The third-order valence-electron chi connectivity index (χ3n) is 5.47. The number of aryl methyl sites for hydroxylation is 1. The first kappa shape index (κ1) is 20.3. The molecular weight excluding hydrogens is 378 g/mol. The molecule has 1 atom stereocenters. The van der Waals surface area contributed by atoms with Crippen molar-refractivity contribution in [3.63, 3.8) is 0 Å². The predicted molar refractivity (Wildman–Crippen MR) is 115 cm³/mol. The molecule has 156 valence electrons. The smallest absolute Gasteiger partial charge is 0.257 e. The molecule has 3 aromatic rings. The van der Waals surface area contributed by atoms with Gasteiger partial charge in [0.25, 0.3) is 11.8 Å². The first-order chi connectivity index (χ1) is 14.6. The summed E-state index contributed by atoms with van der Waals surface area (Å²) in [7, 11) is 2.15. The lowest BCUT2D eigenvalue weighted by molar-refractivity contribution is 0.0907. The molecule has 1 amide bonds. The number of nitrogens with zero attached hydrogens (tertiary/aromatic N) is 4. The maximum Gasteiger partial charge on any atom is 0.257 e. The Bertz CT molecular complexity index is 963. The third-order valence-corrected chi connectivity index (χ3v) is 5.47. The minimum Gasteiger partial charge on any atom is -0.344 e. The number of benzene rings is 2. The Kier molecular flexibility index (Phi) is 6.21. The number of carbonyl (C=O) groups is 1. The van der Waals surface area contributed by atoms with Crippen LogP contribution in [-0.4, -0.2) is 65.6 Å². The summed E-state index contributed by atoms with van der Waals surface area (Å²) in [5.74, 6) is 0.948. The number of carbonyl (C=O) groups excluding carboxylic acids is 1. The van der Waals surface area contributed by atoms with E-state index in [1.54, 1.807) is 19.1 Å². The molecule has 30 heavy (non-hydrogen) atoms. The van der Waals surface area contributed by atoms with Crippen LogP contribution in [0.1, 0.15) is 27.8 Å². The maximum absolute atomic E-state index is 13.0. The number of hydrogen-bond donors (Lipinski definition) is 1. The average molecular weight is 406 g/mol. The van der Waals surface area contributed by atoms with Crippen LogP contribution in [0.3, 0.4) is 0 Å². The van der Waals surface area contributed by atoms with Crippen LogP contribution in [0, 0.1) is 6.92 Å². The second-order valence-corrected chi connectivity index (χ2v) is 7.76. The summed E-state index contributed by atoms with van der Waals surface area (Å²) < 4.78 is 5.19. The van der Waals surface area contributed by atoms with E-state index in [9.17, 15) is 4.79 Å². The highest BCUT2D eigenvalue weighted by Crippen LogP contribution is 2.19. The molecule has 1 aliphatic rings. The minimum atomic E-state index is -0.0914. The van der Waals surface area contributed by atoms with Crippen molar-refractivity contribution in [2.45, 2.75) is 13.0 Å². The van der Waals surface area contributed by atoms with Gasteiger partial charge in [0.2, 0.25) is 0 Å². The Morgan fingerprint density at radius 3 is 2.40 bits per heavy atom. The van der Waals surface area contributed by atoms with Crippen LogP contribution >= 0.6 is 0 Å². The molecule has 4 rings (SSSR count). The number of likely N-dealkylation sites (N-methyl/N-ethyl adjacent to an activating group) is 1. The van der Waals surface area contributed by atoms with Crippen molar-refractivity contribution in [3.05, 3.63) is 71.5 Å². The van der Waals surface area contributed by atoms with Crippen molar-refractivity contribution >= 4 is 5.91 Å². The topological polar surface area (TPSA) is 74.5 Å². The van der Waals surface area contributed by atoms with Crippen LogP contribution in [0.25, 0.3) is 11.5 Å². The number of rotatable bonds is 6. The van der Waals surface area contributed by atoms with Gasteiger partial charge in [-0.25, -0.2) is 0 Å². The Morgan fingerprint density at radius 1 is 1.07 bits per heavy atom. The number of piperazine rings is 1. The number of aromatic nitrogens is 2. The van der Waals surface area contributed by atoms with E-state index in [0.717, 1.165) is 43.9 Å². The molecule has 0 aliphatic carbocycles. The quantitative estimate of drug-likeness (QED) is 0.680. The van der Waals surface area contributed by atoms with Crippen LogP contribution in [0.4, 0.5) is 0 Å². The van der Waals surface area contributed by atoms with Gasteiger partial charge < -0.3 is 14.7 Å². The summed E-state index contributed by atoms with van der Waals surface area (Å²) in [6, 6.07) is 17.4. The zero-order valence-corrected chi connectivity index (χ0v) is 17.4. The summed E-state index contributed by atoms with van der Waals surface area (Å²) in [5.41, 5.74) is 2.52. The standard InChI is InChI=1S/C23H27N5O2/c1-17-24-23(30-26-17)20-10-8-19(9-11-20)22(29)25-21(18-6-4-3-5-7-18)16-28-14-12-27(2)13-15-28/h3-11,21H,12-16H2,1-2H3,(H,25,29). The summed E-state index contributed by atoms with van der Waals surface area (Å²) in [4.78, 5) is 22.0. The van der Waals surface area contributed by atoms with E-state index in [1.165, 1.54) is 0 Å². The molecule has 1 fully saturated rings. The second-order valence-electron chi connectivity index (χ2n) is 7.76. The maximum atomic E-state index is 13.0. The number of hydrogen-bond acceptors (Lipinski definition) is 6. The summed E-state index contributed by atoms with van der Waals surface area (Å²) >= 11 is 0. The van der Waals surface area contributed by atoms with Crippen LogP contribution < -0.4 is 5.32 Å². The van der Waals surface area contributed by atoms with E-state index in [-0.39, 0.29) is 11.9 Å². The van der Waals surface area contributed by atoms with E-state index >= 15 is 0 Å². The van der Waals surface area contributed by atoms with Crippen LogP contribution in [0.5, 0.6) is 0 Å². The minimum absolute atomic E-state index is 0.0691. The summed E-state index contributed by atoms with van der Waals surface area (Å²) in [5, 5.41) is 7.04. The van der Waals surface area contributed by atoms with Gasteiger partial charge in [0.05, 0.1) is 6.04 Å². The Morgan fingerprint density at radius 2 is 1.77 bits per heavy atom. The van der Waals surface area contributed by atoms with Gasteiger partial charge in [-0.05, 0) is 43.8 Å². The van der Waals surface area contributed by atoms with Gasteiger partial charge in [-0.2, -0.15) is 4.98 Å². The van der Waals surface area contributed by atoms with E-state index in [2.05, 4.69) is 44.4 Å². The van der Waals surface area contributed by atoms with E-state index in [0.29, 0.717) is 17.3 Å². The van der Waals surface area contributed by atoms with Crippen molar-refractivity contribution < 1.29 is 9.32 Å². The second kappa shape index (κ2) is 9.19. The molecule has 1 aliphatic heterocycles. The molecule has 0 saturated carbocycles. The molecule has 1 saturated heterocycles. The molecule has 7 heteroatoms. The van der Waals surface area contributed by atoms with Gasteiger partial charge in [0.15, 0.2) is 5.82 Å². The predicted octanol–water partition coefficient (Wildman–Crippen LogP) is 2.76. The summed E-state index contributed by atoms with van der Waals surface area (Å²) in [6.07, 6.45) is 0.